The van der Waals surface area contributed by atoms with E-state index in [9.17, 15) is 22.8 Å². The number of piperidine rings is 2. The highest BCUT2D eigenvalue weighted by Gasteiger charge is 2.38. The van der Waals surface area contributed by atoms with Crippen LogP contribution in [0.4, 0.5) is 18.9 Å². The molecular weight excluding hydrogens is 403 g/mol. The van der Waals surface area contributed by atoms with Crippen LogP contribution in [0.5, 0.6) is 0 Å². The lowest BCUT2D eigenvalue weighted by Gasteiger charge is -2.36. The molecule has 1 aromatic carbocycles. The van der Waals surface area contributed by atoms with Crippen LogP contribution < -0.4 is 16.0 Å². The van der Waals surface area contributed by atoms with Gasteiger partial charge in [0.2, 0.25) is 11.8 Å². The van der Waals surface area contributed by atoms with E-state index in [-0.39, 0.29) is 23.4 Å². The molecular formula is C20H26F3N3O4. The van der Waals surface area contributed by atoms with E-state index in [1.54, 1.807) is 0 Å². The Labute approximate surface area is 172 Å². The van der Waals surface area contributed by atoms with Gasteiger partial charge in [0.15, 0.2) is 0 Å². The van der Waals surface area contributed by atoms with Crippen molar-refractivity contribution in [1.29, 1.82) is 0 Å². The lowest BCUT2D eigenvalue weighted by atomic mass is 9.80. The maximum atomic E-state index is 11.8. The number of carboxylic acids is 1. The molecule has 0 spiro atoms. The number of amides is 2. The summed E-state index contributed by atoms with van der Waals surface area (Å²) in [4.78, 5) is 31.9. The number of alkyl halides is 3. The smallest absolute Gasteiger partial charge is 0.475 e. The van der Waals surface area contributed by atoms with Gasteiger partial charge in [0.25, 0.3) is 0 Å². The first-order chi connectivity index (χ1) is 13.9. The van der Waals surface area contributed by atoms with E-state index in [0.717, 1.165) is 25.1 Å². The Hall–Kier alpha value is -2.62. The summed E-state index contributed by atoms with van der Waals surface area (Å²) in [6.07, 6.45) is -1.85. The van der Waals surface area contributed by atoms with Crippen molar-refractivity contribution in [3.05, 3.63) is 29.8 Å². The van der Waals surface area contributed by atoms with E-state index in [0.29, 0.717) is 18.8 Å². The summed E-state index contributed by atoms with van der Waals surface area (Å²) in [5.41, 5.74) is 2.47. The summed E-state index contributed by atoms with van der Waals surface area (Å²) in [5, 5.41) is 16.3. The second kappa shape index (κ2) is 9.46. The Balaban J connectivity index is 0.000000396. The SMILES string of the molecule is CC1(C)CC(c2ccc(NC3CCC(=O)NC3=O)cc2)CCN1.O=C(O)C(F)(F)F. The van der Waals surface area contributed by atoms with Gasteiger partial charge in [-0.05, 0) is 63.3 Å². The van der Waals surface area contributed by atoms with Crippen molar-refractivity contribution >= 4 is 23.5 Å². The van der Waals surface area contributed by atoms with Gasteiger partial charge in [0, 0.05) is 17.6 Å². The van der Waals surface area contributed by atoms with Gasteiger partial charge in [-0.3, -0.25) is 14.9 Å². The van der Waals surface area contributed by atoms with Gasteiger partial charge in [-0.2, -0.15) is 13.2 Å². The third-order valence-electron chi connectivity index (χ3n) is 5.06. The predicted octanol–water partition coefficient (Wildman–Crippen LogP) is 2.78. The van der Waals surface area contributed by atoms with E-state index < -0.39 is 12.1 Å². The molecule has 4 N–H and O–H groups in total. The third kappa shape index (κ3) is 7.01. The van der Waals surface area contributed by atoms with Crippen molar-refractivity contribution in [3.63, 3.8) is 0 Å². The average Bonchev–Trinajstić information content (AvgIpc) is 2.63. The molecule has 0 aliphatic carbocycles. The first-order valence-corrected chi connectivity index (χ1v) is 9.63. The number of benzene rings is 1. The van der Waals surface area contributed by atoms with E-state index in [1.165, 1.54) is 5.56 Å². The highest BCUT2D eigenvalue weighted by atomic mass is 19.4. The normalized spacial score (nSPS) is 23.6. The van der Waals surface area contributed by atoms with Gasteiger partial charge in [-0.15, -0.1) is 0 Å². The highest BCUT2D eigenvalue weighted by Crippen LogP contribution is 2.33. The quantitative estimate of drug-likeness (QED) is 0.551. The van der Waals surface area contributed by atoms with E-state index in [1.807, 2.05) is 12.1 Å². The fourth-order valence-corrected chi connectivity index (χ4v) is 3.54. The van der Waals surface area contributed by atoms with Crippen LogP contribution in [-0.2, 0) is 14.4 Å². The molecule has 2 aliphatic rings. The standard InChI is InChI=1S/C18H25N3O2.C2HF3O2/c1-18(2)11-13(9-10-19-18)12-3-5-14(6-4-12)20-15-7-8-16(22)21-17(15)23;3-2(4,5)1(6)7/h3-6,13,15,19-20H,7-11H2,1-2H3,(H,21,22,23);(H,6,7). The summed E-state index contributed by atoms with van der Waals surface area (Å²) in [6, 6.07) is 8.05. The molecule has 2 heterocycles. The van der Waals surface area contributed by atoms with Gasteiger partial charge in [-0.25, -0.2) is 4.79 Å². The third-order valence-corrected chi connectivity index (χ3v) is 5.06. The van der Waals surface area contributed by atoms with Crippen LogP contribution >= 0.6 is 0 Å². The Morgan fingerprint density at radius 2 is 1.77 bits per heavy atom. The van der Waals surface area contributed by atoms with Crippen molar-refractivity contribution in [2.45, 2.75) is 63.2 Å². The monoisotopic (exact) mass is 429 g/mol. The number of halogens is 3. The molecule has 3 rings (SSSR count). The summed E-state index contributed by atoms with van der Waals surface area (Å²) < 4.78 is 31.7. The molecule has 2 saturated heterocycles. The number of hydrogen-bond acceptors (Lipinski definition) is 5. The first kappa shape index (κ1) is 23.7. The molecule has 0 aromatic heterocycles. The molecule has 7 nitrogen and oxygen atoms in total. The zero-order valence-electron chi connectivity index (χ0n) is 16.8. The highest BCUT2D eigenvalue weighted by molar-refractivity contribution is 6.01. The summed E-state index contributed by atoms with van der Waals surface area (Å²) in [7, 11) is 0. The maximum Gasteiger partial charge on any atom is 0.490 e. The Morgan fingerprint density at radius 1 is 1.17 bits per heavy atom. The van der Waals surface area contributed by atoms with Gasteiger partial charge in [-0.1, -0.05) is 12.1 Å². The van der Waals surface area contributed by atoms with Gasteiger partial charge in [0.1, 0.15) is 6.04 Å². The number of nitrogens with one attached hydrogen (secondary N) is 3. The number of carboxylic acid groups (broad SMARTS) is 1. The molecule has 30 heavy (non-hydrogen) atoms. The molecule has 0 saturated carbocycles. The van der Waals surface area contributed by atoms with Gasteiger partial charge < -0.3 is 15.7 Å². The molecule has 2 aliphatic heterocycles. The zero-order chi connectivity index (χ0) is 22.5. The fourth-order valence-electron chi connectivity index (χ4n) is 3.54. The Kier molecular flexibility index (Phi) is 7.46. The number of carbonyl (C=O) groups excluding carboxylic acids is 2. The van der Waals surface area contributed by atoms with Crippen LogP contribution in [0.15, 0.2) is 24.3 Å². The van der Waals surface area contributed by atoms with Crippen LogP contribution in [0.3, 0.4) is 0 Å². The number of carbonyl (C=O) groups is 3. The van der Waals surface area contributed by atoms with Crippen molar-refractivity contribution in [3.8, 4) is 0 Å². The molecule has 10 heteroatoms. The minimum atomic E-state index is -5.08. The van der Waals surface area contributed by atoms with Crippen molar-refractivity contribution < 1.29 is 32.7 Å². The second-order valence-electron chi connectivity index (χ2n) is 8.07. The topological polar surface area (TPSA) is 108 Å². The average molecular weight is 429 g/mol. The van der Waals surface area contributed by atoms with E-state index in [4.69, 9.17) is 9.90 Å². The number of aliphatic carboxylic acids is 1. The number of anilines is 1. The Morgan fingerprint density at radius 3 is 2.27 bits per heavy atom. The molecule has 2 fully saturated rings. The molecule has 166 valence electrons. The minimum absolute atomic E-state index is 0.183. The molecule has 2 unspecified atom stereocenters. The zero-order valence-corrected chi connectivity index (χ0v) is 16.8. The number of hydrogen-bond donors (Lipinski definition) is 4. The second-order valence-corrected chi connectivity index (χ2v) is 8.07. The number of imide groups is 1. The molecule has 2 atom stereocenters. The summed E-state index contributed by atoms with van der Waals surface area (Å²) >= 11 is 0. The van der Waals surface area contributed by atoms with Crippen LogP contribution in [0.2, 0.25) is 0 Å². The predicted molar refractivity (Wildman–Crippen MR) is 104 cm³/mol. The van der Waals surface area contributed by atoms with Crippen LogP contribution in [-0.4, -0.2) is 47.2 Å². The van der Waals surface area contributed by atoms with Crippen LogP contribution in [0.25, 0.3) is 0 Å². The lowest BCUT2D eigenvalue weighted by Crippen LogP contribution is -2.47. The van der Waals surface area contributed by atoms with Crippen LogP contribution in [0.1, 0.15) is 51.0 Å². The van der Waals surface area contributed by atoms with Crippen molar-refractivity contribution in [1.82, 2.24) is 10.6 Å². The minimum Gasteiger partial charge on any atom is -0.475 e. The first-order valence-electron chi connectivity index (χ1n) is 9.63. The number of rotatable bonds is 3. The van der Waals surface area contributed by atoms with Crippen LogP contribution in [0, 0.1) is 0 Å². The van der Waals surface area contributed by atoms with Crippen molar-refractivity contribution in [2.24, 2.45) is 0 Å². The summed E-state index contributed by atoms with van der Waals surface area (Å²) in [5.74, 6) is -2.59. The van der Waals surface area contributed by atoms with E-state index in [2.05, 4.69) is 41.9 Å². The maximum absolute atomic E-state index is 11.8. The van der Waals surface area contributed by atoms with Gasteiger partial charge in [0.05, 0.1) is 0 Å². The molecule has 2 amide bonds. The molecule has 0 bridgehead atoms. The fraction of sp³-hybridized carbons (Fsp3) is 0.550. The Bertz CT molecular complexity index is 778. The lowest BCUT2D eigenvalue weighted by molar-refractivity contribution is -0.192. The summed E-state index contributed by atoms with van der Waals surface area (Å²) in [6.45, 7) is 5.55. The largest absolute Gasteiger partial charge is 0.490 e. The van der Waals surface area contributed by atoms with Crippen molar-refractivity contribution in [2.75, 3.05) is 11.9 Å². The molecule has 0 radical (unpaired) electrons. The van der Waals surface area contributed by atoms with Gasteiger partial charge >= 0.3 is 12.1 Å². The molecule has 1 aromatic rings. The van der Waals surface area contributed by atoms with E-state index >= 15 is 0 Å².